The SMILES string of the molecule is CC1(C)/C(=C\C=C2/CCCC(/C=C/C3N(CCCCCOC=O)c4ccccc4C3(C)C)=C2Oc2ccccc2)N(CCCCS(=O)(=O)O)c2ccc(S(=O)(=O)O)cc21. The van der Waals surface area contributed by atoms with Crippen molar-refractivity contribution in [1.82, 2.24) is 0 Å². The van der Waals surface area contributed by atoms with E-state index in [-0.39, 0.29) is 28.5 Å². The van der Waals surface area contributed by atoms with Crippen molar-refractivity contribution in [3.63, 3.8) is 0 Å². The van der Waals surface area contributed by atoms with E-state index in [0.29, 0.717) is 26.0 Å². The van der Waals surface area contributed by atoms with Crippen molar-refractivity contribution < 1.29 is 40.2 Å². The number of ether oxygens (including phenoxy) is 2. The number of carbonyl (C=O) groups is 1. The fraction of sp³-hybridized carbons (Fsp3) is 0.413. The highest BCUT2D eigenvalue weighted by Gasteiger charge is 2.43. The van der Waals surface area contributed by atoms with Crippen LogP contribution < -0.4 is 14.5 Å². The molecule has 6 rings (SSSR count). The smallest absolute Gasteiger partial charge is 0.294 e. The van der Waals surface area contributed by atoms with Crippen molar-refractivity contribution in [2.75, 3.05) is 35.2 Å². The van der Waals surface area contributed by atoms with Gasteiger partial charge in [0.05, 0.1) is 23.3 Å². The number of rotatable bonds is 18. The topological polar surface area (TPSA) is 151 Å². The van der Waals surface area contributed by atoms with E-state index in [1.54, 1.807) is 6.07 Å². The fourth-order valence-electron chi connectivity index (χ4n) is 8.72. The zero-order chi connectivity index (χ0) is 42.4. The van der Waals surface area contributed by atoms with Gasteiger partial charge in [0.1, 0.15) is 11.5 Å². The van der Waals surface area contributed by atoms with Crippen LogP contribution in [0.15, 0.2) is 125 Å². The summed E-state index contributed by atoms with van der Waals surface area (Å²) in [5.74, 6) is 1.14. The van der Waals surface area contributed by atoms with Gasteiger partial charge >= 0.3 is 0 Å². The van der Waals surface area contributed by atoms with Gasteiger partial charge in [0.25, 0.3) is 26.7 Å². The molecule has 0 saturated heterocycles. The van der Waals surface area contributed by atoms with Gasteiger partial charge in [0.15, 0.2) is 0 Å². The highest BCUT2D eigenvalue weighted by atomic mass is 32.2. The lowest BCUT2D eigenvalue weighted by Crippen LogP contribution is -2.40. The molecule has 3 aromatic carbocycles. The number of hydrogen-bond acceptors (Lipinski definition) is 9. The summed E-state index contributed by atoms with van der Waals surface area (Å²) >= 11 is 0. The lowest BCUT2D eigenvalue weighted by atomic mass is 9.80. The first-order valence-corrected chi connectivity index (χ1v) is 23.4. The highest BCUT2D eigenvalue weighted by Crippen LogP contribution is 2.49. The van der Waals surface area contributed by atoms with Crippen LogP contribution in [0.5, 0.6) is 5.75 Å². The van der Waals surface area contributed by atoms with Gasteiger partial charge in [-0.2, -0.15) is 16.8 Å². The molecule has 13 heteroatoms. The van der Waals surface area contributed by atoms with Crippen molar-refractivity contribution in [3.8, 4) is 5.75 Å². The van der Waals surface area contributed by atoms with Gasteiger partial charge in [-0.25, -0.2) is 0 Å². The van der Waals surface area contributed by atoms with Gasteiger partial charge in [-0.15, -0.1) is 0 Å². The highest BCUT2D eigenvalue weighted by molar-refractivity contribution is 7.86. The molecule has 0 radical (unpaired) electrons. The van der Waals surface area contributed by atoms with Crippen LogP contribution in [0.3, 0.4) is 0 Å². The predicted molar refractivity (Wildman–Crippen MR) is 232 cm³/mol. The summed E-state index contributed by atoms with van der Waals surface area (Å²) in [7, 11) is -8.58. The molecule has 0 fully saturated rings. The molecule has 316 valence electrons. The molecule has 3 aromatic rings. The number of anilines is 2. The molecule has 1 unspecified atom stereocenters. The van der Waals surface area contributed by atoms with Crippen LogP contribution in [0.4, 0.5) is 11.4 Å². The molecule has 3 aliphatic rings. The number of hydrogen-bond donors (Lipinski definition) is 2. The van der Waals surface area contributed by atoms with Crippen LogP contribution in [0.1, 0.15) is 90.2 Å². The molecule has 59 heavy (non-hydrogen) atoms. The summed E-state index contributed by atoms with van der Waals surface area (Å²) in [6.45, 7) is 10.8. The van der Waals surface area contributed by atoms with Crippen LogP contribution in [-0.2, 0) is 40.6 Å². The second kappa shape index (κ2) is 18.3. The number of unbranched alkanes of at least 4 members (excludes halogenated alkanes) is 3. The van der Waals surface area contributed by atoms with Crippen molar-refractivity contribution in [1.29, 1.82) is 0 Å². The summed E-state index contributed by atoms with van der Waals surface area (Å²) in [4.78, 5) is 15.0. The van der Waals surface area contributed by atoms with Crippen LogP contribution >= 0.6 is 0 Å². The third-order valence-corrected chi connectivity index (χ3v) is 13.4. The number of nitrogens with zero attached hydrogens (tertiary/aromatic N) is 2. The molecule has 2 heterocycles. The Kier molecular flexibility index (Phi) is 13.6. The number of fused-ring (bicyclic) bond motifs is 2. The average molecular weight is 845 g/mol. The first-order valence-electron chi connectivity index (χ1n) is 20.3. The van der Waals surface area contributed by atoms with Gasteiger partial charge in [-0.05, 0) is 116 Å². The second-order valence-electron chi connectivity index (χ2n) is 16.6. The van der Waals surface area contributed by atoms with E-state index >= 15 is 0 Å². The molecule has 1 aliphatic carbocycles. The summed E-state index contributed by atoms with van der Waals surface area (Å²) in [5.41, 5.74) is 6.12. The molecule has 11 nitrogen and oxygen atoms in total. The van der Waals surface area contributed by atoms with Crippen molar-refractivity contribution >= 4 is 38.1 Å². The molecule has 0 amide bonds. The van der Waals surface area contributed by atoms with Gasteiger partial charge in [0, 0.05) is 41.0 Å². The minimum atomic E-state index is -4.46. The van der Waals surface area contributed by atoms with Crippen LogP contribution in [0.25, 0.3) is 0 Å². The summed E-state index contributed by atoms with van der Waals surface area (Å²) < 4.78 is 78.3. The second-order valence-corrected chi connectivity index (χ2v) is 19.5. The number of para-hydroxylation sites is 2. The van der Waals surface area contributed by atoms with E-state index in [0.717, 1.165) is 84.7 Å². The molecule has 0 bridgehead atoms. The molecule has 2 aliphatic heterocycles. The van der Waals surface area contributed by atoms with E-state index in [9.17, 15) is 30.7 Å². The third kappa shape index (κ3) is 10.2. The van der Waals surface area contributed by atoms with E-state index in [4.69, 9.17) is 9.47 Å². The molecule has 0 spiro atoms. The number of allylic oxidation sites excluding steroid dienone is 6. The zero-order valence-electron chi connectivity index (χ0n) is 34.3. The standard InChI is InChI=1S/C46H56N2O9S2/c1-45(2)38-20-9-10-21-40(38)47(28-11-6-13-30-56-33-49)42(45)26-22-34-16-15-17-35(44(34)57-36-18-7-5-8-19-36)23-27-43-46(3,4)39-32-37(59(53,54)55)24-25-41(39)48(43)29-12-14-31-58(50,51)52/h5,7-10,18-27,32-33,42H,6,11-17,28-31H2,1-4H3,(H,50,51,52)(H,53,54,55)/b26-22+,35-23+,43-27+. The minimum absolute atomic E-state index is 0.0767. The first kappa shape index (κ1) is 43.9. The Morgan fingerprint density at radius 2 is 1.53 bits per heavy atom. The largest absolute Gasteiger partial charge is 0.468 e. The number of benzene rings is 3. The van der Waals surface area contributed by atoms with Crippen molar-refractivity contribution in [2.45, 2.75) is 101 Å². The zero-order valence-corrected chi connectivity index (χ0v) is 36.0. The maximum absolute atomic E-state index is 12.2. The molecular formula is C46H56N2O9S2. The van der Waals surface area contributed by atoms with Gasteiger partial charge in [0.2, 0.25) is 0 Å². The minimum Gasteiger partial charge on any atom is -0.468 e. The predicted octanol–water partition coefficient (Wildman–Crippen LogP) is 9.09. The van der Waals surface area contributed by atoms with E-state index in [2.05, 4.69) is 66.1 Å². The van der Waals surface area contributed by atoms with E-state index in [1.165, 1.54) is 23.4 Å². The van der Waals surface area contributed by atoms with Crippen molar-refractivity contribution in [3.05, 3.63) is 131 Å². The van der Waals surface area contributed by atoms with Gasteiger partial charge < -0.3 is 19.3 Å². The third-order valence-electron chi connectivity index (χ3n) is 11.8. The summed E-state index contributed by atoms with van der Waals surface area (Å²) in [5, 5.41) is 0. The Hall–Kier alpha value is -4.69. The Balaban J connectivity index is 1.38. The Morgan fingerprint density at radius 3 is 2.25 bits per heavy atom. The Labute approximate surface area is 349 Å². The summed E-state index contributed by atoms with van der Waals surface area (Å²) in [6, 6.07) is 23.0. The van der Waals surface area contributed by atoms with Crippen LogP contribution in [-0.4, -0.2) is 63.9 Å². The summed E-state index contributed by atoms with van der Waals surface area (Å²) in [6.07, 6.45) is 14.6. The first-order chi connectivity index (χ1) is 28.0. The normalized spacial score (nSPS) is 20.1. The molecule has 0 saturated carbocycles. The Bertz CT molecular complexity index is 2350. The monoisotopic (exact) mass is 844 g/mol. The lowest BCUT2D eigenvalue weighted by Gasteiger charge is -2.33. The lowest BCUT2D eigenvalue weighted by molar-refractivity contribution is -0.128. The number of carbonyl (C=O) groups excluding carboxylic acids is 1. The maximum atomic E-state index is 12.2. The maximum Gasteiger partial charge on any atom is 0.294 e. The van der Waals surface area contributed by atoms with Crippen LogP contribution in [0.2, 0.25) is 0 Å². The van der Waals surface area contributed by atoms with Crippen molar-refractivity contribution in [2.24, 2.45) is 0 Å². The van der Waals surface area contributed by atoms with Gasteiger partial charge in [-0.1, -0.05) is 82.3 Å². The van der Waals surface area contributed by atoms with E-state index < -0.39 is 25.7 Å². The molecular weight excluding hydrogens is 789 g/mol. The quantitative estimate of drug-likeness (QED) is 0.0717. The molecule has 0 aromatic heterocycles. The molecule has 2 N–H and O–H groups in total. The average Bonchev–Trinajstić information content (AvgIpc) is 3.54. The van der Waals surface area contributed by atoms with Crippen LogP contribution in [0, 0.1) is 0 Å². The van der Waals surface area contributed by atoms with E-state index in [1.807, 2.05) is 50.3 Å². The van der Waals surface area contributed by atoms with Gasteiger partial charge in [-0.3, -0.25) is 13.9 Å². The molecule has 1 atom stereocenters. The fourth-order valence-corrected chi connectivity index (χ4v) is 9.80. The Morgan fingerprint density at radius 1 is 0.797 bits per heavy atom.